The Bertz CT molecular complexity index is 1010. The fourth-order valence-electron chi connectivity index (χ4n) is 3.44. The summed E-state index contributed by atoms with van der Waals surface area (Å²) in [5.41, 5.74) is 4.11. The number of fused-ring (bicyclic) bond motifs is 1. The van der Waals surface area contributed by atoms with Crippen LogP contribution in [0.5, 0.6) is 0 Å². The molecule has 3 aromatic rings. The van der Waals surface area contributed by atoms with Crippen LogP contribution >= 0.6 is 0 Å². The third kappa shape index (κ3) is 4.86. The highest BCUT2D eigenvalue weighted by molar-refractivity contribution is 6.03. The second kappa shape index (κ2) is 9.82. The van der Waals surface area contributed by atoms with E-state index in [0.29, 0.717) is 23.2 Å². The van der Waals surface area contributed by atoms with Crippen molar-refractivity contribution in [3.63, 3.8) is 0 Å². The number of esters is 1. The van der Waals surface area contributed by atoms with Crippen LogP contribution in [0, 0.1) is 0 Å². The molecule has 0 saturated heterocycles. The number of nitrogens with one attached hydrogen (secondary N) is 1. The Labute approximate surface area is 178 Å². The monoisotopic (exact) mass is 409 g/mol. The molecule has 0 aliphatic carbocycles. The molecule has 0 amide bonds. The number of nitrogens with zero attached hydrogens (tertiary/aromatic N) is 4. The van der Waals surface area contributed by atoms with Crippen molar-refractivity contribution in [3.05, 3.63) is 47.7 Å². The molecule has 3 rings (SSSR count). The van der Waals surface area contributed by atoms with Gasteiger partial charge in [0.05, 0.1) is 29.4 Å². The summed E-state index contributed by atoms with van der Waals surface area (Å²) in [7, 11) is 4.06. The maximum Gasteiger partial charge on any atom is 0.339 e. The Balaban J connectivity index is 2.04. The van der Waals surface area contributed by atoms with Gasteiger partial charge in [-0.2, -0.15) is 5.10 Å². The van der Waals surface area contributed by atoms with E-state index in [4.69, 9.17) is 9.72 Å². The van der Waals surface area contributed by atoms with Gasteiger partial charge in [0, 0.05) is 31.2 Å². The molecule has 0 spiro atoms. The molecule has 0 atom stereocenters. The van der Waals surface area contributed by atoms with Crippen LogP contribution in [0.15, 0.2) is 36.5 Å². The zero-order valence-corrected chi connectivity index (χ0v) is 18.5. The normalized spacial score (nSPS) is 11.6. The number of benzene rings is 1. The summed E-state index contributed by atoms with van der Waals surface area (Å²) in [6.07, 6.45) is 1.70. The molecule has 30 heavy (non-hydrogen) atoms. The highest BCUT2D eigenvalue weighted by Gasteiger charge is 2.19. The van der Waals surface area contributed by atoms with Crippen LogP contribution in [-0.4, -0.2) is 59.4 Å². The number of aromatic nitrogens is 3. The minimum absolute atomic E-state index is 0.132. The van der Waals surface area contributed by atoms with E-state index >= 15 is 0 Å². The molecular formula is C23H31N5O2. The van der Waals surface area contributed by atoms with Crippen molar-refractivity contribution < 1.29 is 9.53 Å². The topological polar surface area (TPSA) is 72.3 Å². The third-order valence-electron chi connectivity index (χ3n) is 4.97. The first-order chi connectivity index (χ1) is 14.4. The number of hydrogen-bond acceptors (Lipinski definition) is 6. The first-order valence-electron chi connectivity index (χ1n) is 10.4. The molecule has 0 saturated carbocycles. The van der Waals surface area contributed by atoms with E-state index < -0.39 is 0 Å². The van der Waals surface area contributed by atoms with Gasteiger partial charge in [-0.05, 0) is 52.6 Å². The van der Waals surface area contributed by atoms with Crippen molar-refractivity contribution in [2.45, 2.75) is 33.4 Å². The SMILES string of the molecule is CCOC(=O)c1cc(-c2cccc(CN(C)CCNC)c2)nc2c1cnn2C(C)C. The van der Waals surface area contributed by atoms with Gasteiger partial charge in [0.25, 0.3) is 0 Å². The Hall–Kier alpha value is -2.77. The van der Waals surface area contributed by atoms with Gasteiger partial charge in [0.1, 0.15) is 0 Å². The summed E-state index contributed by atoms with van der Waals surface area (Å²) in [5, 5.41) is 8.34. The largest absolute Gasteiger partial charge is 0.462 e. The number of hydrogen-bond donors (Lipinski definition) is 1. The lowest BCUT2D eigenvalue weighted by Crippen LogP contribution is -2.26. The number of ether oxygens (including phenoxy) is 1. The Morgan fingerprint density at radius 1 is 1.30 bits per heavy atom. The predicted molar refractivity (Wildman–Crippen MR) is 120 cm³/mol. The maximum absolute atomic E-state index is 12.6. The minimum Gasteiger partial charge on any atom is -0.462 e. The van der Waals surface area contributed by atoms with Gasteiger partial charge in [-0.25, -0.2) is 14.5 Å². The average Bonchev–Trinajstić information content (AvgIpc) is 3.16. The van der Waals surface area contributed by atoms with Crippen molar-refractivity contribution >= 4 is 17.0 Å². The first-order valence-corrected chi connectivity index (χ1v) is 10.4. The van der Waals surface area contributed by atoms with Crippen LogP contribution in [0.2, 0.25) is 0 Å². The molecule has 7 heteroatoms. The second-order valence-corrected chi connectivity index (χ2v) is 7.74. The molecule has 0 aliphatic heterocycles. The van der Waals surface area contributed by atoms with Crippen molar-refractivity contribution in [1.82, 2.24) is 25.0 Å². The lowest BCUT2D eigenvalue weighted by molar-refractivity contribution is 0.0528. The fraction of sp³-hybridized carbons (Fsp3) is 0.435. The van der Waals surface area contributed by atoms with Crippen LogP contribution in [0.1, 0.15) is 42.7 Å². The molecule has 0 radical (unpaired) electrons. The van der Waals surface area contributed by atoms with Crippen LogP contribution < -0.4 is 5.32 Å². The average molecular weight is 410 g/mol. The molecule has 7 nitrogen and oxygen atoms in total. The van der Waals surface area contributed by atoms with Crippen molar-refractivity contribution in [2.24, 2.45) is 0 Å². The summed E-state index contributed by atoms with van der Waals surface area (Å²) >= 11 is 0. The van der Waals surface area contributed by atoms with Gasteiger partial charge < -0.3 is 15.0 Å². The fourth-order valence-corrected chi connectivity index (χ4v) is 3.44. The smallest absolute Gasteiger partial charge is 0.339 e. The van der Waals surface area contributed by atoms with Gasteiger partial charge in [-0.1, -0.05) is 18.2 Å². The number of carbonyl (C=O) groups is 1. The van der Waals surface area contributed by atoms with Crippen molar-refractivity contribution in [3.8, 4) is 11.3 Å². The number of rotatable bonds is 9. The van der Waals surface area contributed by atoms with Gasteiger partial charge in [-0.3, -0.25) is 0 Å². The summed E-state index contributed by atoms with van der Waals surface area (Å²) in [5.74, 6) is -0.350. The predicted octanol–water partition coefficient (Wildman–Crippen LogP) is 3.51. The molecule has 1 aromatic carbocycles. The third-order valence-corrected chi connectivity index (χ3v) is 4.97. The summed E-state index contributed by atoms with van der Waals surface area (Å²) < 4.78 is 7.14. The van der Waals surface area contributed by atoms with E-state index in [9.17, 15) is 4.79 Å². The molecule has 2 heterocycles. The molecule has 0 unspecified atom stereocenters. The van der Waals surface area contributed by atoms with E-state index in [1.165, 1.54) is 5.56 Å². The van der Waals surface area contributed by atoms with Crippen LogP contribution in [-0.2, 0) is 11.3 Å². The van der Waals surface area contributed by atoms with E-state index in [2.05, 4.69) is 34.5 Å². The van der Waals surface area contributed by atoms with Crippen LogP contribution in [0.25, 0.3) is 22.3 Å². The Kier molecular flexibility index (Phi) is 7.18. The van der Waals surface area contributed by atoms with Crippen LogP contribution in [0.3, 0.4) is 0 Å². The van der Waals surface area contributed by atoms with E-state index in [1.807, 2.05) is 50.7 Å². The van der Waals surface area contributed by atoms with Crippen molar-refractivity contribution in [1.29, 1.82) is 0 Å². The summed E-state index contributed by atoms with van der Waals surface area (Å²) in [6.45, 7) is 8.97. The van der Waals surface area contributed by atoms with E-state index in [1.54, 1.807) is 6.20 Å². The lowest BCUT2D eigenvalue weighted by Gasteiger charge is -2.17. The highest BCUT2D eigenvalue weighted by atomic mass is 16.5. The first kappa shape index (κ1) is 21.9. The molecule has 0 bridgehead atoms. The molecular weight excluding hydrogens is 378 g/mol. The molecule has 0 fully saturated rings. The number of carbonyl (C=O) groups excluding carboxylic acids is 1. The maximum atomic E-state index is 12.6. The quantitative estimate of drug-likeness (QED) is 0.545. The van der Waals surface area contributed by atoms with Gasteiger partial charge in [0.2, 0.25) is 0 Å². The standard InChI is InChI=1S/C23H31N5O2/c1-6-30-23(29)19-13-21(26-22-20(19)14-25-28(22)16(2)3)18-9-7-8-17(12-18)15-27(5)11-10-24-4/h7-9,12-14,16,24H,6,10-11,15H2,1-5H3. The molecule has 1 N–H and O–H groups in total. The van der Waals surface area contributed by atoms with E-state index in [-0.39, 0.29) is 12.0 Å². The van der Waals surface area contributed by atoms with Gasteiger partial charge >= 0.3 is 5.97 Å². The van der Waals surface area contributed by atoms with E-state index in [0.717, 1.165) is 30.9 Å². The van der Waals surface area contributed by atoms with Crippen LogP contribution in [0.4, 0.5) is 0 Å². The van der Waals surface area contributed by atoms with Crippen molar-refractivity contribution in [2.75, 3.05) is 33.8 Å². The van der Waals surface area contributed by atoms with Gasteiger partial charge in [-0.15, -0.1) is 0 Å². The zero-order valence-electron chi connectivity index (χ0n) is 18.5. The Morgan fingerprint density at radius 2 is 2.10 bits per heavy atom. The second-order valence-electron chi connectivity index (χ2n) is 7.74. The molecule has 160 valence electrons. The number of pyridine rings is 1. The number of likely N-dealkylation sites (N-methyl/N-ethyl adjacent to an activating group) is 2. The summed E-state index contributed by atoms with van der Waals surface area (Å²) in [6, 6.07) is 10.3. The Morgan fingerprint density at radius 3 is 2.80 bits per heavy atom. The highest BCUT2D eigenvalue weighted by Crippen LogP contribution is 2.27. The lowest BCUT2D eigenvalue weighted by atomic mass is 10.0. The molecule has 2 aromatic heterocycles. The zero-order chi connectivity index (χ0) is 21.7. The summed E-state index contributed by atoms with van der Waals surface area (Å²) in [4.78, 5) is 19.8. The molecule has 0 aliphatic rings. The minimum atomic E-state index is -0.350. The van der Waals surface area contributed by atoms with Gasteiger partial charge in [0.15, 0.2) is 5.65 Å².